The van der Waals surface area contributed by atoms with Crippen LogP contribution in [0.5, 0.6) is 0 Å². The van der Waals surface area contributed by atoms with E-state index in [0.717, 1.165) is 67.9 Å². The molecule has 522 valence electrons. The highest BCUT2D eigenvalue weighted by molar-refractivity contribution is 9.10. The second-order valence-corrected chi connectivity index (χ2v) is 29.6. The minimum Gasteiger partial charge on any atom is -0.399 e. The molecule has 6 nitrogen and oxygen atoms in total. The molecule has 1 aliphatic rings. The van der Waals surface area contributed by atoms with E-state index in [1.807, 2.05) is 6.07 Å². The molecule has 0 amide bonds. The lowest BCUT2D eigenvalue weighted by atomic mass is 9.79. The van der Waals surface area contributed by atoms with Gasteiger partial charge in [0.25, 0.3) is 0 Å². The molecule has 1 saturated heterocycles. The van der Waals surface area contributed by atoms with Gasteiger partial charge in [0.15, 0.2) is 0 Å². The van der Waals surface area contributed by atoms with Crippen molar-refractivity contribution in [2.45, 2.75) is 65.6 Å². The van der Waals surface area contributed by atoms with Gasteiger partial charge in [-0.25, -0.2) is 9.97 Å². The first-order valence-corrected chi connectivity index (χ1v) is 38.2. The molecule has 2 aromatic heterocycles. The van der Waals surface area contributed by atoms with Crippen molar-refractivity contribution in [2.24, 2.45) is 0 Å². The molecule has 1 fully saturated rings. The number of aromatic nitrogens is 4. The molecule has 0 spiro atoms. The molecule has 3 heterocycles. The number of imidazole rings is 2. The van der Waals surface area contributed by atoms with E-state index in [1.165, 1.54) is 121 Å². The molecule has 0 radical (unpaired) electrons. The average molecular weight is 1460 g/mol. The van der Waals surface area contributed by atoms with Crippen LogP contribution in [0, 0.1) is 0 Å². The standard InChI is InChI=1S/C47H34N2.C32H21Br.C21H25BN2O2/c1-2-45-48-43-19-11-12-20-44(43)49(45)38-28-25-36(26-29-38)46-39-17-9-10-18-40(39)47(35-23-21-34(22-24-35)32-13-5-3-6-14-32)42-31-37(27-30-41(42)46)33-15-7-4-8-16-33;33-32-28-14-8-7-13-27(28)31(25-17-15-24(16-18-25)22-9-3-1-4-10-22)30-21-26(19-20-29(30)32)23-11-5-2-6-12-23;1-6-19-23-17-9-7-8-10-18(17)24(19)16-13-11-15(12-14-16)22-25-20(2,3)21(4,5)26-22/h3-31H,2H2,1H3;1-21H;7-14H,6H2,1-5H3. The summed E-state index contributed by atoms with van der Waals surface area (Å²) in [6, 6.07) is 126. The summed E-state index contributed by atoms with van der Waals surface area (Å²) in [5, 5.41) is 9.98. The Morgan fingerprint density at radius 1 is 0.287 bits per heavy atom. The zero-order chi connectivity index (χ0) is 73.5. The summed E-state index contributed by atoms with van der Waals surface area (Å²) in [7, 11) is -0.334. The Labute approximate surface area is 640 Å². The predicted octanol–water partition coefficient (Wildman–Crippen LogP) is 26.2. The van der Waals surface area contributed by atoms with Crippen LogP contribution in [-0.4, -0.2) is 37.4 Å². The topological polar surface area (TPSA) is 54.1 Å². The van der Waals surface area contributed by atoms with Crippen LogP contribution in [0.1, 0.15) is 53.2 Å². The lowest BCUT2D eigenvalue weighted by molar-refractivity contribution is 0.00578. The molecule has 0 saturated carbocycles. The van der Waals surface area contributed by atoms with Gasteiger partial charge in [0.05, 0.1) is 33.3 Å². The average Bonchev–Trinajstić information content (AvgIpc) is 1.13. The smallest absolute Gasteiger partial charge is 0.399 e. The maximum Gasteiger partial charge on any atom is 0.494 e. The van der Waals surface area contributed by atoms with Gasteiger partial charge in [-0.05, 0) is 231 Å². The first kappa shape index (κ1) is 69.0. The molecule has 19 rings (SSSR count). The molecular formula is C100H80BBrN4O2. The number of para-hydroxylation sites is 4. The van der Waals surface area contributed by atoms with Crippen molar-refractivity contribution >= 4 is 93.7 Å². The van der Waals surface area contributed by atoms with Gasteiger partial charge < -0.3 is 9.31 Å². The first-order valence-electron chi connectivity index (χ1n) is 37.4. The van der Waals surface area contributed by atoms with E-state index < -0.39 is 0 Å². The number of benzene rings is 16. The molecule has 8 heteroatoms. The Morgan fingerprint density at radius 3 is 0.981 bits per heavy atom. The van der Waals surface area contributed by atoms with Crippen molar-refractivity contribution in [2.75, 3.05) is 0 Å². The second kappa shape index (κ2) is 29.4. The normalized spacial score (nSPS) is 13.1. The van der Waals surface area contributed by atoms with Crippen molar-refractivity contribution in [1.29, 1.82) is 0 Å². The van der Waals surface area contributed by atoms with E-state index in [1.54, 1.807) is 0 Å². The quantitative estimate of drug-likeness (QED) is 0.0904. The lowest BCUT2D eigenvalue weighted by Crippen LogP contribution is -2.41. The number of nitrogens with zero attached hydrogens (tertiary/aromatic N) is 4. The van der Waals surface area contributed by atoms with Crippen LogP contribution in [0.25, 0.3) is 154 Å². The van der Waals surface area contributed by atoms with Gasteiger partial charge in [0, 0.05) is 28.7 Å². The molecule has 1 aliphatic heterocycles. The van der Waals surface area contributed by atoms with Crippen molar-refractivity contribution < 1.29 is 9.31 Å². The highest BCUT2D eigenvalue weighted by Crippen LogP contribution is 2.47. The molecule has 108 heavy (non-hydrogen) atoms. The third-order valence-corrected chi connectivity index (χ3v) is 22.6. The number of aryl methyl sites for hydroxylation is 2. The zero-order valence-electron chi connectivity index (χ0n) is 61.5. The van der Waals surface area contributed by atoms with Gasteiger partial charge in [0.1, 0.15) is 11.6 Å². The number of hydrogen-bond donors (Lipinski definition) is 0. The zero-order valence-corrected chi connectivity index (χ0v) is 63.0. The van der Waals surface area contributed by atoms with Crippen molar-refractivity contribution in [3.8, 4) is 89.3 Å². The third-order valence-electron chi connectivity index (χ3n) is 21.7. The minimum atomic E-state index is -0.334. The molecule has 0 bridgehead atoms. The number of halogens is 1. The van der Waals surface area contributed by atoms with E-state index in [0.29, 0.717) is 0 Å². The molecule has 0 unspecified atom stereocenters. The van der Waals surface area contributed by atoms with Crippen molar-refractivity contribution in [3.63, 3.8) is 0 Å². The Hall–Kier alpha value is -12.0. The van der Waals surface area contributed by atoms with Gasteiger partial charge in [-0.15, -0.1) is 0 Å². The van der Waals surface area contributed by atoms with Gasteiger partial charge in [-0.3, -0.25) is 9.13 Å². The minimum absolute atomic E-state index is 0.327. The summed E-state index contributed by atoms with van der Waals surface area (Å²) >= 11 is 3.91. The Kier molecular flexibility index (Phi) is 18.8. The van der Waals surface area contributed by atoms with Crippen molar-refractivity contribution in [3.05, 3.63) is 368 Å². The van der Waals surface area contributed by atoms with Crippen molar-refractivity contribution in [1.82, 2.24) is 19.1 Å². The van der Waals surface area contributed by atoms with Gasteiger partial charge in [-0.2, -0.15) is 0 Å². The fraction of sp³-hybridized carbons (Fsp3) is 0.100. The maximum absolute atomic E-state index is 6.15. The Bertz CT molecular complexity index is 6280. The fourth-order valence-electron chi connectivity index (χ4n) is 15.5. The second-order valence-electron chi connectivity index (χ2n) is 28.8. The van der Waals surface area contributed by atoms with Crippen LogP contribution in [0.3, 0.4) is 0 Å². The lowest BCUT2D eigenvalue weighted by Gasteiger charge is -2.32. The summed E-state index contributed by atoms with van der Waals surface area (Å²) in [5.74, 6) is 2.13. The first-order chi connectivity index (χ1) is 52.9. The number of fused-ring (bicyclic) bond motifs is 6. The van der Waals surface area contributed by atoms with E-state index in [4.69, 9.17) is 19.3 Å². The summed E-state index contributed by atoms with van der Waals surface area (Å²) in [4.78, 5) is 9.69. The van der Waals surface area contributed by atoms with Gasteiger partial charge >= 0.3 is 7.12 Å². The summed E-state index contributed by atoms with van der Waals surface area (Å²) in [5.41, 5.74) is 24.2. The Morgan fingerprint density at radius 2 is 0.565 bits per heavy atom. The van der Waals surface area contributed by atoms with Crippen LogP contribution < -0.4 is 5.46 Å². The molecule has 16 aromatic carbocycles. The fourth-order valence-corrected chi connectivity index (χ4v) is 16.2. The van der Waals surface area contributed by atoms with Crippen LogP contribution in [0.2, 0.25) is 0 Å². The monoisotopic (exact) mass is 1460 g/mol. The molecular weight excluding hydrogens is 1380 g/mol. The SMILES string of the molecule is Brc1c2ccccc2c(-c2ccc(-c3ccccc3)cc2)c2cc(-c3ccccc3)ccc12.CCc1nc2ccccc2n1-c1ccc(-c2c3ccccc3c(-c3ccc(-c4ccccc4)cc3)c3cc(-c4ccccc4)ccc23)cc1.CCc1nc2ccccc2n1-c1ccc(B2OC(C)(C)C(C)(C)O2)cc1. The molecule has 0 N–H and O–H groups in total. The number of rotatable bonds is 12. The highest BCUT2D eigenvalue weighted by Gasteiger charge is 2.51. The van der Waals surface area contributed by atoms with Gasteiger partial charge in [0.2, 0.25) is 0 Å². The van der Waals surface area contributed by atoms with Crippen LogP contribution in [0.15, 0.2) is 356 Å². The van der Waals surface area contributed by atoms with E-state index in [-0.39, 0.29) is 18.3 Å². The van der Waals surface area contributed by atoms with Crippen LogP contribution in [0.4, 0.5) is 0 Å². The molecule has 0 aliphatic carbocycles. The third kappa shape index (κ3) is 13.1. The molecule has 18 aromatic rings. The van der Waals surface area contributed by atoms with Gasteiger partial charge in [-0.1, -0.05) is 305 Å². The van der Waals surface area contributed by atoms with E-state index >= 15 is 0 Å². The molecule has 0 atom stereocenters. The summed E-state index contributed by atoms with van der Waals surface area (Å²) < 4.78 is 18.0. The maximum atomic E-state index is 6.15. The summed E-state index contributed by atoms with van der Waals surface area (Å²) in [6.07, 6.45) is 1.75. The number of hydrogen-bond acceptors (Lipinski definition) is 4. The Balaban J connectivity index is 0.000000126. The predicted molar refractivity (Wildman–Crippen MR) is 459 cm³/mol. The summed E-state index contributed by atoms with van der Waals surface area (Å²) in [6.45, 7) is 12.6. The van der Waals surface area contributed by atoms with Crippen LogP contribution in [-0.2, 0) is 22.2 Å². The van der Waals surface area contributed by atoms with E-state index in [9.17, 15) is 0 Å². The van der Waals surface area contributed by atoms with E-state index in [2.05, 4.69) is 412 Å². The largest absolute Gasteiger partial charge is 0.494 e. The highest BCUT2D eigenvalue weighted by atomic mass is 79.9. The van der Waals surface area contributed by atoms with Crippen LogP contribution >= 0.6 is 15.9 Å².